The Bertz CT molecular complexity index is 391. The van der Waals surface area contributed by atoms with Crippen molar-refractivity contribution in [2.24, 2.45) is 0 Å². The third kappa shape index (κ3) is 4.89. The van der Waals surface area contributed by atoms with Crippen LogP contribution in [0.25, 0.3) is 0 Å². The fraction of sp³-hybridized carbons (Fsp3) is 0.500. The van der Waals surface area contributed by atoms with Crippen molar-refractivity contribution in [1.29, 1.82) is 0 Å². The van der Waals surface area contributed by atoms with Crippen LogP contribution < -0.4 is 5.32 Å². The minimum absolute atomic E-state index is 0.163. The summed E-state index contributed by atoms with van der Waals surface area (Å²) >= 11 is 0. The molecule has 1 saturated heterocycles. The predicted octanol–water partition coefficient (Wildman–Crippen LogP) is 0.979. The van der Waals surface area contributed by atoms with E-state index in [1.54, 1.807) is 0 Å². The standard InChI is InChI=1S/C14H20N2O3/c17-13-9-16(10-13)8-4-7-15-14(18)19-11-12-5-2-1-3-6-12/h1-3,5-6,13,17H,4,7-11H2,(H,15,18). The van der Waals surface area contributed by atoms with Crippen LogP contribution in [0.3, 0.4) is 0 Å². The Hall–Kier alpha value is -1.59. The number of nitrogens with one attached hydrogen (secondary N) is 1. The minimum Gasteiger partial charge on any atom is -0.445 e. The molecule has 0 saturated carbocycles. The van der Waals surface area contributed by atoms with Crippen LogP contribution in [0.1, 0.15) is 12.0 Å². The Balaban J connectivity index is 1.50. The number of alkyl carbamates (subject to hydrolysis) is 1. The molecule has 0 unspecified atom stereocenters. The average molecular weight is 264 g/mol. The smallest absolute Gasteiger partial charge is 0.407 e. The Kier molecular flexibility index (Phi) is 5.18. The van der Waals surface area contributed by atoms with E-state index in [0.717, 1.165) is 31.6 Å². The molecule has 5 nitrogen and oxygen atoms in total. The van der Waals surface area contributed by atoms with Gasteiger partial charge in [-0.3, -0.25) is 4.90 Å². The van der Waals surface area contributed by atoms with E-state index >= 15 is 0 Å². The molecular formula is C14H20N2O3. The first kappa shape index (κ1) is 13.8. The van der Waals surface area contributed by atoms with Crippen molar-refractivity contribution < 1.29 is 14.6 Å². The summed E-state index contributed by atoms with van der Waals surface area (Å²) in [6.45, 7) is 3.29. The highest BCUT2D eigenvalue weighted by molar-refractivity contribution is 5.67. The number of ether oxygens (including phenoxy) is 1. The van der Waals surface area contributed by atoms with E-state index in [9.17, 15) is 4.79 Å². The van der Waals surface area contributed by atoms with Crippen molar-refractivity contribution >= 4 is 6.09 Å². The summed E-state index contributed by atoms with van der Waals surface area (Å²) in [5, 5.41) is 11.8. The first-order valence-electron chi connectivity index (χ1n) is 6.59. The van der Waals surface area contributed by atoms with Gasteiger partial charge in [0.15, 0.2) is 0 Å². The molecule has 1 aromatic carbocycles. The maximum Gasteiger partial charge on any atom is 0.407 e. The van der Waals surface area contributed by atoms with Gasteiger partial charge in [-0.15, -0.1) is 0 Å². The van der Waals surface area contributed by atoms with Crippen LogP contribution in [0, 0.1) is 0 Å². The number of nitrogens with zero attached hydrogens (tertiary/aromatic N) is 1. The van der Waals surface area contributed by atoms with Gasteiger partial charge in [0, 0.05) is 26.2 Å². The van der Waals surface area contributed by atoms with Gasteiger partial charge in [0.1, 0.15) is 6.61 Å². The zero-order valence-corrected chi connectivity index (χ0v) is 10.9. The Morgan fingerprint density at radius 3 is 2.79 bits per heavy atom. The van der Waals surface area contributed by atoms with Crippen LogP contribution in [-0.2, 0) is 11.3 Å². The number of β-amino-alcohol motifs (C(OH)–C–C–N with tert-alkyl or cyclic N) is 1. The molecule has 0 atom stereocenters. The second-order valence-electron chi connectivity index (χ2n) is 4.76. The number of hydrogen-bond donors (Lipinski definition) is 2. The first-order valence-corrected chi connectivity index (χ1v) is 6.59. The van der Waals surface area contributed by atoms with Gasteiger partial charge in [0.25, 0.3) is 0 Å². The zero-order valence-electron chi connectivity index (χ0n) is 10.9. The van der Waals surface area contributed by atoms with Crippen molar-refractivity contribution in [3.05, 3.63) is 35.9 Å². The van der Waals surface area contributed by atoms with Crippen molar-refractivity contribution in [2.75, 3.05) is 26.2 Å². The lowest BCUT2D eigenvalue weighted by Gasteiger charge is -2.35. The monoisotopic (exact) mass is 264 g/mol. The number of aliphatic hydroxyl groups excluding tert-OH is 1. The molecule has 0 bridgehead atoms. The third-order valence-corrected chi connectivity index (χ3v) is 3.07. The molecule has 1 heterocycles. The number of aliphatic hydroxyl groups is 1. The van der Waals surface area contributed by atoms with Gasteiger partial charge in [-0.2, -0.15) is 0 Å². The van der Waals surface area contributed by atoms with Gasteiger partial charge >= 0.3 is 6.09 Å². The van der Waals surface area contributed by atoms with E-state index in [2.05, 4.69) is 10.2 Å². The highest BCUT2D eigenvalue weighted by atomic mass is 16.5. The average Bonchev–Trinajstić information content (AvgIpc) is 2.40. The molecule has 2 N–H and O–H groups in total. The lowest BCUT2D eigenvalue weighted by molar-refractivity contribution is 0.00184. The zero-order chi connectivity index (χ0) is 13.5. The fourth-order valence-electron chi connectivity index (χ4n) is 1.99. The van der Waals surface area contributed by atoms with Gasteiger partial charge in [-0.05, 0) is 12.0 Å². The van der Waals surface area contributed by atoms with E-state index in [0.29, 0.717) is 13.2 Å². The summed E-state index contributed by atoms with van der Waals surface area (Å²) < 4.78 is 5.09. The normalized spacial score (nSPS) is 15.8. The molecule has 5 heteroatoms. The van der Waals surface area contributed by atoms with Gasteiger partial charge in [0.05, 0.1) is 6.10 Å². The van der Waals surface area contributed by atoms with Crippen LogP contribution in [0.4, 0.5) is 4.79 Å². The molecule has 0 radical (unpaired) electrons. The largest absolute Gasteiger partial charge is 0.445 e. The number of hydrogen-bond acceptors (Lipinski definition) is 4. The lowest BCUT2D eigenvalue weighted by Crippen LogP contribution is -2.51. The quantitative estimate of drug-likeness (QED) is 0.752. The third-order valence-electron chi connectivity index (χ3n) is 3.07. The van der Waals surface area contributed by atoms with Gasteiger partial charge < -0.3 is 15.2 Å². The molecule has 1 amide bonds. The number of likely N-dealkylation sites (tertiary alicyclic amines) is 1. The van der Waals surface area contributed by atoms with Crippen molar-refractivity contribution in [3.8, 4) is 0 Å². The molecule has 0 spiro atoms. The maximum absolute atomic E-state index is 11.4. The lowest BCUT2D eigenvalue weighted by atomic mass is 10.1. The minimum atomic E-state index is -0.382. The molecule has 1 fully saturated rings. The molecule has 0 aliphatic carbocycles. The van der Waals surface area contributed by atoms with Gasteiger partial charge in [-0.25, -0.2) is 4.79 Å². The molecule has 104 valence electrons. The Morgan fingerprint density at radius 1 is 1.37 bits per heavy atom. The van der Waals surface area contributed by atoms with Crippen molar-refractivity contribution in [1.82, 2.24) is 10.2 Å². The maximum atomic E-state index is 11.4. The second-order valence-corrected chi connectivity index (χ2v) is 4.76. The summed E-state index contributed by atoms with van der Waals surface area (Å²) in [7, 11) is 0. The summed E-state index contributed by atoms with van der Waals surface area (Å²) in [4.78, 5) is 13.6. The van der Waals surface area contributed by atoms with E-state index in [4.69, 9.17) is 9.84 Å². The fourth-order valence-corrected chi connectivity index (χ4v) is 1.99. The van der Waals surface area contributed by atoms with Gasteiger partial charge in [0.2, 0.25) is 0 Å². The Labute approximate surface area is 113 Å². The predicted molar refractivity (Wildman–Crippen MR) is 71.7 cm³/mol. The number of carbonyl (C=O) groups excluding carboxylic acids is 1. The summed E-state index contributed by atoms with van der Waals surface area (Å²) in [5.41, 5.74) is 0.979. The topological polar surface area (TPSA) is 61.8 Å². The Morgan fingerprint density at radius 2 is 2.11 bits per heavy atom. The number of carbonyl (C=O) groups is 1. The molecule has 19 heavy (non-hydrogen) atoms. The van der Waals surface area contributed by atoms with Gasteiger partial charge in [-0.1, -0.05) is 30.3 Å². The van der Waals surface area contributed by atoms with E-state index in [-0.39, 0.29) is 12.2 Å². The highest BCUT2D eigenvalue weighted by Crippen LogP contribution is 2.06. The van der Waals surface area contributed by atoms with Crippen molar-refractivity contribution in [2.45, 2.75) is 19.1 Å². The molecule has 0 aromatic heterocycles. The molecule has 1 aromatic rings. The van der Waals surface area contributed by atoms with Crippen LogP contribution in [0.5, 0.6) is 0 Å². The number of amides is 1. The van der Waals surface area contributed by atoms with Crippen LogP contribution >= 0.6 is 0 Å². The van der Waals surface area contributed by atoms with E-state index in [1.165, 1.54) is 0 Å². The van der Waals surface area contributed by atoms with E-state index in [1.807, 2.05) is 30.3 Å². The molecule has 2 rings (SSSR count). The SMILES string of the molecule is O=C(NCCCN1CC(O)C1)OCc1ccccc1. The first-order chi connectivity index (χ1) is 9.24. The van der Waals surface area contributed by atoms with Crippen LogP contribution in [-0.4, -0.2) is 48.4 Å². The van der Waals surface area contributed by atoms with Crippen LogP contribution in [0.2, 0.25) is 0 Å². The molecular weight excluding hydrogens is 244 g/mol. The summed E-state index contributed by atoms with van der Waals surface area (Å²) in [6.07, 6.45) is 0.323. The molecule has 1 aliphatic rings. The molecule has 1 aliphatic heterocycles. The second kappa shape index (κ2) is 7.11. The number of rotatable bonds is 6. The summed E-state index contributed by atoms with van der Waals surface area (Å²) in [6, 6.07) is 9.59. The number of benzene rings is 1. The highest BCUT2D eigenvalue weighted by Gasteiger charge is 2.23. The van der Waals surface area contributed by atoms with Crippen molar-refractivity contribution in [3.63, 3.8) is 0 Å². The van der Waals surface area contributed by atoms with E-state index < -0.39 is 0 Å². The summed E-state index contributed by atoms with van der Waals surface area (Å²) in [5.74, 6) is 0. The van der Waals surface area contributed by atoms with Crippen LogP contribution in [0.15, 0.2) is 30.3 Å².